The summed E-state index contributed by atoms with van der Waals surface area (Å²) in [5.41, 5.74) is -4.40. The van der Waals surface area contributed by atoms with E-state index in [0.717, 1.165) is 0 Å². The van der Waals surface area contributed by atoms with Crippen molar-refractivity contribution in [2.45, 2.75) is 12.4 Å². The first kappa shape index (κ1) is 17.7. The number of hydrogen-bond acceptors (Lipinski definition) is 2. The minimum atomic E-state index is -5.09. The lowest BCUT2D eigenvalue weighted by Gasteiger charge is -2.13. The lowest BCUT2D eigenvalue weighted by molar-refractivity contribution is -0.143. The van der Waals surface area contributed by atoms with Gasteiger partial charge in [0.25, 0.3) is 0 Å². The van der Waals surface area contributed by atoms with Gasteiger partial charge in [-0.15, -0.1) is 0 Å². The van der Waals surface area contributed by atoms with Crippen LogP contribution in [0.4, 0.5) is 26.3 Å². The molecule has 0 saturated heterocycles. The van der Waals surface area contributed by atoms with Crippen molar-refractivity contribution in [1.29, 1.82) is 0 Å². The van der Waals surface area contributed by atoms with Gasteiger partial charge in [-0.2, -0.15) is 26.3 Å². The molecule has 24 heavy (non-hydrogen) atoms. The van der Waals surface area contributed by atoms with Gasteiger partial charge in [-0.1, -0.05) is 30.3 Å². The Morgan fingerprint density at radius 2 is 1.04 bits per heavy atom. The molecule has 2 aromatic carbocycles. The van der Waals surface area contributed by atoms with Gasteiger partial charge >= 0.3 is 12.4 Å². The third-order valence-electron chi connectivity index (χ3n) is 3.09. The van der Waals surface area contributed by atoms with E-state index in [-0.39, 0.29) is 23.8 Å². The van der Waals surface area contributed by atoms with Crippen molar-refractivity contribution >= 4 is 11.6 Å². The van der Waals surface area contributed by atoms with E-state index in [4.69, 9.17) is 0 Å². The Hall–Kier alpha value is -2.64. The lowest BCUT2D eigenvalue weighted by atomic mass is 9.97. The van der Waals surface area contributed by atoms with Gasteiger partial charge in [0.1, 0.15) is 0 Å². The normalized spacial score (nSPS) is 12.1. The van der Waals surface area contributed by atoms with Gasteiger partial charge in [-0.25, -0.2) is 0 Å². The van der Waals surface area contributed by atoms with E-state index in [0.29, 0.717) is 0 Å². The molecule has 0 spiro atoms. The maximum absolute atomic E-state index is 12.8. The van der Waals surface area contributed by atoms with Crippen LogP contribution in [-0.2, 0) is 12.4 Å². The fourth-order valence-corrected chi connectivity index (χ4v) is 1.94. The van der Waals surface area contributed by atoms with Crippen molar-refractivity contribution in [2.24, 2.45) is 0 Å². The van der Waals surface area contributed by atoms with Gasteiger partial charge in [0.2, 0.25) is 11.6 Å². The Morgan fingerprint density at radius 1 is 0.625 bits per heavy atom. The molecule has 0 aliphatic carbocycles. The molecule has 126 valence electrons. The first-order chi connectivity index (χ1) is 11.0. The van der Waals surface area contributed by atoms with Crippen molar-refractivity contribution in [1.82, 2.24) is 0 Å². The molecule has 0 N–H and O–H groups in total. The van der Waals surface area contributed by atoms with Crippen molar-refractivity contribution < 1.29 is 35.9 Å². The summed E-state index contributed by atoms with van der Waals surface area (Å²) < 4.78 is 76.6. The average molecular weight is 346 g/mol. The Morgan fingerprint density at radius 3 is 1.46 bits per heavy atom. The van der Waals surface area contributed by atoms with Crippen molar-refractivity contribution in [3.63, 3.8) is 0 Å². The Bertz CT molecular complexity index is 743. The number of hydrogen-bond donors (Lipinski definition) is 0. The topological polar surface area (TPSA) is 34.1 Å². The molecule has 2 aromatic rings. The summed E-state index contributed by atoms with van der Waals surface area (Å²) in [7, 11) is 0. The number of carbonyl (C=O) groups excluding carboxylic acids is 2. The van der Waals surface area contributed by atoms with E-state index in [2.05, 4.69) is 0 Å². The second kappa shape index (κ2) is 6.10. The highest BCUT2D eigenvalue weighted by molar-refractivity contribution is 6.49. The van der Waals surface area contributed by atoms with Gasteiger partial charge in [0.05, 0.1) is 11.1 Å². The number of alkyl halides is 6. The van der Waals surface area contributed by atoms with Crippen molar-refractivity contribution in [2.75, 3.05) is 0 Å². The summed E-state index contributed by atoms with van der Waals surface area (Å²) >= 11 is 0. The highest BCUT2D eigenvalue weighted by Crippen LogP contribution is 2.36. The van der Waals surface area contributed by atoms with E-state index in [1.165, 1.54) is 30.3 Å². The minimum Gasteiger partial charge on any atom is -0.285 e. The molecule has 0 amide bonds. The molecule has 0 heterocycles. The summed E-state index contributed by atoms with van der Waals surface area (Å²) in [4.78, 5) is 24.0. The van der Waals surface area contributed by atoms with Gasteiger partial charge in [-0.3, -0.25) is 9.59 Å². The molecule has 0 radical (unpaired) electrons. The quantitative estimate of drug-likeness (QED) is 0.455. The average Bonchev–Trinajstić information content (AvgIpc) is 2.52. The fourth-order valence-electron chi connectivity index (χ4n) is 1.94. The first-order valence-electron chi connectivity index (χ1n) is 6.43. The zero-order valence-electron chi connectivity index (χ0n) is 11.7. The third kappa shape index (κ3) is 3.81. The van der Waals surface area contributed by atoms with Gasteiger partial charge in [-0.05, 0) is 18.2 Å². The van der Waals surface area contributed by atoms with E-state index >= 15 is 0 Å². The van der Waals surface area contributed by atoms with E-state index in [9.17, 15) is 35.9 Å². The predicted molar refractivity (Wildman–Crippen MR) is 71.5 cm³/mol. The first-order valence-corrected chi connectivity index (χ1v) is 6.43. The smallest absolute Gasteiger partial charge is 0.285 e. The highest BCUT2D eigenvalue weighted by Gasteiger charge is 2.38. The van der Waals surface area contributed by atoms with E-state index < -0.39 is 40.6 Å². The van der Waals surface area contributed by atoms with Crippen LogP contribution >= 0.6 is 0 Å². The molecule has 0 unspecified atom stereocenters. The molecule has 0 saturated carbocycles. The largest absolute Gasteiger partial charge is 0.416 e. The molecule has 0 fully saturated rings. The van der Waals surface area contributed by atoms with Crippen LogP contribution in [0.15, 0.2) is 48.5 Å². The number of Topliss-reactive ketones (excluding diaryl/α,β-unsaturated/α-hetero) is 2. The second-order valence-electron chi connectivity index (χ2n) is 4.82. The molecule has 0 aliphatic rings. The zero-order valence-corrected chi connectivity index (χ0v) is 11.7. The van der Waals surface area contributed by atoms with Crippen LogP contribution in [0.1, 0.15) is 31.8 Å². The molecule has 2 nitrogen and oxygen atoms in total. The minimum absolute atomic E-state index is 0.107. The van der Waals surface area contributed by atoms with E-state index in [1.54, 1.807) is 0 Å². The Kier molecular flexibility index (Phi) is 4.50. The lowest BCUT2D eigenvalue weighted by Crippen LogP contribution is -2.18. The molecule has 8 heteroatoms. The number of rotatable bonds is 3. The number of ketones is 2. The predicted octanol–water partition coefficient (Wildman–Crippen LogP) is 4.79. The number of halogens is 6. The van der Waals surface area contributed by atoms with Crippen molar-refractivity contribution in [3.8, 4) is 0 Å². The number of carbonyl (C=O) groups is 2. The summed E-state index contributed by atoms with van der Waals surface area (Å²) in [6.45, 7) is 0. The molecular weight excluding hydrogens is 338 g/mol. The SMILES string of the molecule is O=C(C(=O)c1cc(C(F)(F)F)cc(C(F)(F)F)c1)c1ccccc1. The third-order valence-corrected chi connectivity index (χ3v) is 3.09. The molecule has 2 rings (SSSR count). The van der Waals surface area contributed by atoms with Crippen LogP contribution in [0.2, 0.25) is 0 Å². The van der Waals surface area contributed by atoms with E-state index in [1.807, 2.05) is 0 Å². The maximum Gasteiger partial charge on any atom is 0.416 e. The molecule has 0 aromatic heterocycles. The maximum atomic E-state index is 12.8. The van der Waals surface area contributed by atoms with Gasteiger partial charge in [0, 0.05) is 11.1 Å². The molecule has 0 bridgehead atoms. The molecule has 0 aliphatic heterocycles. The van der Waals surface area contributed by atoms with Crippen molar-refractivity contribution in [3.05, 3.63) is 70.8 Å². The van der Waals surface area contributed by atoms with Crippen LogP contribution in [0.3, 0.4) is 0 Å². The molecule has 0 atom stereocenters. The zero-order chi connectivity index (χ0) is 18.1. The van der Waals surface area contributed by atoms with Gasteiger partial charge in [0.15, 0.2) is 0 Å². The molecular formula is C16H8F6O2. The Labute approximate surface area is 131 Å². The van der Waals surface area contributed by atoms with Crippen LogP contribution < -0.4 is 0 Å². The fraction of sp³-hybridized carbons (Fsp3) is 0.125. The Balaban J connectivity index is 2.53. The summed E-state index contributed by atoms with van der Waals surface area (Å²) in [5, 5.41) is 0. The standard InChI is InChI=1S/C16H8F6O2/c17-15(18,19)11-6-10(7-12(8-11)16(20,21)22)14(24)13(23)9-4-2-1-3-5-9/h1-8H. The van der Waals surface area contributed by atoms with Gasteiger partial charge < -0.3 is 0 Å². The van der Waals surface area contributed by atoms with Crippen LogP contribution in [0, 0.1) is 0 Å². The summed E-state index contributed by atoms with van der Waals surface area (Å²) in [5.74, 6) is -2.64. The summed E-state index contributed by atoms with van der Waals surface area (Å²) in [6, 6.07) is 7.19. The summed E-state index contributed by atoms with van der Waals surface area (Å²) in [6.07, 6.45) is -10.2. The monoisotopic (exact) mass is 346 g/mol. The van der Waals surface area contributed by atoms with Crippen LogP contribution in [-0.4, -0.2) is 11.6 Å². The second-order valence-corrected chi connectivity index (χ2v) is 4.82. The van der Waals surface area contributed by atoms with Crippen LogP contribution in [0.5, 0.6) is 0 Å². The highest BCUT2D eigenvalue weighted by atomic mass is 19.4. The number of benzene rings is 2. The van der Waals surface area contributed by atoms with Crippen LogP contribution in [0.25, 0.3) is 0 Å².